The third-order valence-corrected chi connectivity index (χ3v) is 10.8. The number of hydrogen-bond acceptors (Lipinski definition) is 14. The lowest BCUT2D eigenvalue weighted by Gasteiger charge is -2.22. The quantitative estimate of drug-likeness (QED) is 0.0334. The Kier molecular flexibility index (Phi) is 28.5. The largest absolute Gasteiger partial charge is 0.508 e. The SMILES string of the molecule is C[C@@H](NC(=O)C[C@@H](N)Cc1ccc(O)cc1)C(=O)NCC(=O)N[C@@H](Cc1ccccc1)C(=O)NNC(=O)[C@H](Cc1ccccc1)NC(=O)CNC(=O)[C@@H](C)NC(=O)C[C@@H](N)Cc1ccc(O)cc1.O=C(O)C(F)(F)F.O=C(O)C(F)(F)F. The zero-order valence-corrected chi connectivity index (χ0v) is 43.8. The van der Waals surface area contributed by atoms with Crippen molar-refractivity contribution in [1.82, 2.24) is 42.8 Å². The molecule has 0 saturated heterocycles. The summed E-state index contributed by atoms with van der Waals surface area (Å²) in [4.78, 5) is 122. The Morgan fingerprint density at radius 3 is 0.988 bits per heavy atom. The van der Waals surface area contributed by atoms with Crippen molar-refractivity contribution in [2.75, 3.05) is 13.1 Å². The van der Waals surface area contributed by atoms with Crippen molar-refractivity contribution in [2.45, 2.75) is 101 Å². The number of alkyl halides is 6. The monoisotopic (exact) mass is 1160 g/mol. The van der Waals surface area contributed by atoms with Crippen LogP contribution in [0.3, 0.4) is 0 Å². The first-order chi connectivity index (χ1) is 38.3. The van der Waals surface area contributed by atoms with Gasteiger partial charge in [0, 0.05) is 37.8 Å². The summed E-state index contributed by atoms with van der Waals surface area (Å²) in [7, 11) is 0. The van der Waals surface area contributed by atoms with Crippen molar-refractivity contribution in [1.29, 1.82) is 0 Å². The number of carboxylic acid groups (broad SMARTS) is 2. The molecule has 4 aromatic rings. The average molecular weight is 1170 g/mol. The molecule has 8 amide bonds. The predicted octanol–water partition coefficient (Wildman–Crippen LogP) is 0.429. The molecular formula is C52H62F6N10O14. The van der Waals surface area contributed by atoms with Gasteiger partial charge in [0.25, 0.3) is 11.8 Å². The third-order valence-electron chi connectivity index (χ3n) is 10.8. The highest BCUT2D eigenvalue weighted by Crippen LogP contribution is 2.15. The van der Waals surface area contributed by atoms with Gasteiger partial charge >= 0.3 is 24.3 Å². The van der Waals surface area contributed by atoms with Crippen molar-refractivity contribution in [3.8, 4) is 11.5 Å². The minimum Gasteiger partial charge on any atom is -0.508 e. The lowest BCUT2D eigenvalue weighted by atomic mass is 10.0. The molecule has 0 bridgehead atoms. The average Bonchev–Trinajstić information content (AvgIpc) is 3.41. The van der Waals surface area contributed by atoms with E-state index in [9.17, 15) is 74.9 Å². The Morgan fingerprint density at radius 2 is 0.707 bits per heavy atom. The number of carboxylic acids is 2. The Morgan fingerprint density at radius 1 is 0.427 bits per heavy atom. The number of carbonyl (C=O) groups excluding carboxylic acids is 8. The van der Waals surface area contributed by atoms with Crippen molar-refractivity contribution >= 4 is 59.2 Å². The summed E-state index contributed by atoms with van der Waals surface area (Å²) in [5.41, 5.74) is 19.8. The van der Waals surface area contributed by atoms with E-state index in [1.54, 1.807) is 84.9 Å². The van der Waals surface area contributed by atoms with Crippen molar-refractivity contribution < 1.29 is 94.7 Å². The van der Waals surface area contributed by atoms with Gasteiger partial charge in [0.15, 0.2) is 0 Å². The molecule has 16 N–H and O–H groups in total. The van der Waals surface area contributed by atoms with Crippen LogP contribution in [0.25, 0.3) is 0 Å². The number of nitrogens with two attached hydrogens (primary N) is 2. The normalized spacial score (nSPS) is 13.0. The molecule has 446 valence electrons. The molecule has 4 aromatic carbocycles. The van der Waals surface area contributed by atoms with Gasteiger partial charge < -0.3 is 63.8 Å². The van der Waals surface area contributed by atoms with E-state index in [2.05, 4.69) is 42.8 Å². The number of aliphatic carboxylic acids is 2. The maximum Gasteiger partial charge on any atom is 0.490 e. The molecule has 0 heterocycles. The number of aromatic hydroxyl groups is 2. The maximum absolute atomic E-state index is 13.6. The molecule has 0 unspecified atom stereocenters. The molecule has 0 radical (unpaired) electrons. The fraction of sp³-hybridized carbons (Fsp3) is 0.346. The Bertz CT molecular complexity index is 2580. The minimum absolute atomic E-state index is 0.0194. The molecule has 0 spiro atoms. The summed E-state index contributed by atoms with van der Waals surface area (Å²) >= 11 is 0. The van der Waals surface area contributed by atoms with Crippen LogP contribution in [0.2, 0.25) is 0 Å². The fourth-order valence-corrected chi connectivity index (χ4v) is 6.77. The minimum atomic E-state index is -5.08. The second kappa shape index (κ2) is 34.0. The van der Waals surface area contributed by atoms with E-state index in [1.807, 2.05) is 0 Å². The Balaban J connectivity index is 0.00000145. The van der Waals surface area contributed by atoms with E-state index in [0.29, 0.717) is 24.0 Å². The van der Waals surface area contributed by atoms with Crippen LogP contribution in [-0.4, -0.2) is 141 Å². The van der Waals surface area contributed by atoms with Gasteiger partial charge in [0.05, 0.1) is 13.1 Å². The van der Waals surface area contributed by atoms with Crippen LogP contribution >= 0.6 is 0 Å². The van der Waals surface area contributed by atoms with Gasteiger partial charge in [-0.15, -0.1) is 0 Å². The molecule has 0 aromatic heterocycles. The molecule has 82 heavy (non-hydrogen) atoms. The number of rotatable bonds is 24. The van der Waals surface area contributed by atoms with Gasteiger partial charge in [0.1, 0.15) is 35.7 Å². The first-order valence-corrected chi connectivity index (χ1v) is 24.4. The maximum atomic E-state index is 13.6. The summed E-state index contributed by atoms with van der Waals surface area (Å²) in [6, 6.07) is 24.4. The molecule has 0 aliphatic carbocycles. The Hall–Kier alpha value is -9.32. The molecule has 6 atom stereocenters. The highest BCUT2D eigenvalue weighted by molar-refractivity contribution is 5.95. The number of carbonyl (C=O) groups is 10. The number of phenols is 2. The molecule has 4 rings (SSSR count). The van der Waals surface area contributed by atoms with E-state index < -0.39 is 121 Å². The third kappa shape index (κ3) is 28.5. The Labute approximate surface area is 464 Å². The number of amides is 8. The fourth-order valence-electron chi connectivity index (χ4n) is 6.77. The molecule has 24 nitrogen and oxygen atoms in total. The van der Waals surface area contributed by atoms with Crippen LogP contribution in [0.15, 0.2) is 109 Å². The number of phenolic OH excluding ortho intramolecular Hbond substituents is 2. The molecule has 0 fully saturated rings. The van der Waals surface area contributed by atoms with E-state index in [1.165, 1.54) is 38.1 Å². The number of benzene rings is 4. The zero-order valence-electron chi connectivity index (χ0n) is 43.8. The van der Waals surface area contributed by atoms with Gasteiger partial charge in [-0.3, -0.25) is 49.2 Å². The van der Waals surface area contributed by atoms with Gasteiger partial charge in [-0.2, -0.15) is 26.3 Å². The standard InChI is InChI=1S/C48H60N10O10.2C2HF3O2/c1-29(53-41(61)25-35(49)21-33-13-17-37(59)18-14-33)45(65)51-27-43(63)55-39(23-31-9-5-3-6-10-31)47(67)57-58-48(68)40(24-32-11-7-4-8-12-32)56-44(64)28-52-46(66)30(2)54-42(62)26-36(50)22-34-15-19-38(60)20-16-34;2*3-2(4,5)1(6)7/h3-20,29-30,35-36,39-40,59-60H,21-28,49-50H2,1-2H3,(H,51,65)(H,52,66)(H,53,61)(H,54,62)(H,55,63)(H,56,64)(H,57,67)(H,58,68);2*(H,6,7)/t29-,30-,35+,36+,39+,40+;;/m1../s1. The second-order valence-electron chi connectivity index (χ2n) is 17.9. The van der Waals surface area contributed by atoms with Gasteiger partial charge in [-0.05, 0) is 73.2 Å². The molecule has 0 aliphatic rings. The molecule has 0 saturated carbocycles. The summed E-state index contributed by atoms with van der Waals surface area (Å²) in [5.74, 6) is -10.8. The first-order valence-electron chi connectivity index (χ1n) is 24.4. The van der Waals surface area contributed by atoms with Crippen molar-refractivity contribution in [2.24, 2.45) is 11.5 Å². The van der Waals surface area contributed by atoms with E-state index in [0.717, 1.165) is 11.1 Å². The molecule has 30 heteroatoms. The second-order valence-corrected chi connectivity index (χ2v) is 17.9. The van der Waals surface area contributed by atoms with Crippen LogP contribution in [0, 0.1) is 0 Å². The van der Waals surface area contributed by atoms with Gasteiger partial charge in [-0.25, -0.2) is 9.59 Å². The first kappa shape index (κ1) is 68.8. The number of nitrogens with one attached hydrogen (secondary N) is 8. The van der Waals surface area contributed by atoms with Crippen LogP contribution in [-0.2, 0) is 73.6 Å². The number of hydrogen-bond donors (Lipinski definition) is 14. The van der Waals surface area contributed by atoms with E-state index in [4.69, 9.17) is 31.3 Å². The van der Waals surface area contributed by atoms with Crippen LogP contribution in [0.5, 0.6) is 11.5 Å². The van der Waals surface area contributed by atoms with E-state index >= 15 is 0 Å². The lowest BCUT2D eigenvalue weighted by Crippen LogP contribution is -2.58. The zero-order chi connectivity index (χ0) is 61.7. The van der Waals surface area contributed by atoms with Crippen molar-refractivity contribution in [3.63, 3.8) is 0 Å². The summed E-state index contributed by atoms with van der Waals surface area (Å²) in [6.45, 7) is 1.74. The van der Waals surface area contributed by atoms with Crippen LogP contribution in [0.4, 0.5) is 26.3 Å². The summed E-state index contributed by atoms with van der Waals surface area (Å²) < 4.78 is 63.5. The highest BCUT2D eigenvalue weighted by atomic mass is 19.4. The summed E-state index contributed by atoms with van der Waals surface area (Å²) in [5, 5.41) is 48.3. The summed E-state index contributed by atoms with van der Waals surface area (Å²) in [6.07, 6.45) is -9.67. The predicted molar refractivity (Wildman–Crippen MR) is 278 cm³/mol. The van der Waals surface area contributed by atoms with Crippen molar-refractivity contribution in [3.05, 3.63) is 131 Å². The number of halogens is 6. The van der Waals surface area contributed by atoms with Crippen LogP contribution < -0.4 is 54.2 Å². The topological polar surface area (TPSA) is 400 Å². The number of hydrazine groups is 1. The molecular weight excluding hydrogens is 1100 g/mol. The lowest BCUT2D eigenvalue weighted by molar-refractivity contribution is -0.193. The van der Waals surface area contributed by atoms with Gasteiger partial charge in [0.2, 0.25) is 35.4 Å². The van der Waals surface area contributed by atoms with Gasteiger partial charge in [-0.1, -0.05) is 84.9 Å². The van der Waals surface area contributed by atoms with Crippen LogP contribution in [0.1, 0.15) is 48.9 Å². The highest BCUT2D eigenvalue weighted by Gasteiger charge is 2.39. The van der Waals surface area contributed by atoms with E-state index in [-0.39, 0.29) is 37.2 Å². The smallest absolute Gasteiger partial charge is 0.490 e. The molecule has 0 aliphatic heterocycles.